The van der Waals surface area contributed by atoms with Crippen molar-refractivity contribution >= 4 is 9.84 Å². The molecule has 0 aliphatic carbocycles. The fourth-order valence-corrected chi connectivity index (χ4v) is 3.54. The third-order valence-corrected chi connectivity index (χ3v) is 4.66. The topological polar surface area (TPSA) is 46.2 Å². The van der Waals surface area contributed by atoms with Crippen molar-refractivity contribution in [3.05, 3.63) is 35.4 Å². The van der Waals surface area contributed by atoms with E-state index >= 15 is 0 Å². The van der Waals surface area contributed by atoms with Crippen LogP contribution in [0.3, 0.4) is 0 Å². The van der Waals surface area contributed by atoms with Crippen LogP contribution in [-0.4, -0.2) is 26.8 Å². The summed E-state index contributed by atoms with van der Waals surface area (Å²) in [6.07, 6.45) is 0.669. The first-order chi connectivity index (χ1) is 8.44. The molecule has 0 radical (unpaired) electrons. The largest absolute Gasteiger partial charge is 0.314 e. The van der Waals surface area contributed by atoms with Gasteiger partial charge in [0.15, 0.2) is 9.84 Å². The van der Waals surface area contributed by atoms with Crippen molar-refractivity contribution in [3.63, 3.8) is 0 Å². The summed E-state index contributed by atoms with van der Waals surface area (Å²) < 4.78 is 24.1. The van der Waals surface area contributed by atoms with Crippen molar-refractivity contribution in [2.75, 3.05) is 12.3 Å². The van der Waals surface area contributed by atoms with Crippen molar-refractivity contribution in [2.24, 2.45) is 0 Å². The molecule has 0 amide bonds. The highest BCUT2D eigenvalue weighted by Crippen LogP contribution is 2.12. The molecule has 0 fully saturated rings. The lowest BCUT2D eigenvalue weighted by molar-refractivity contribution is 0.541. The number of benzene rings is 1. The highest BCUT2D eigenvalue weighted by molar-refractivity contribution is 7.90. The molecule has 0 saturated heterocycles. The van der Waals surface area contributed by atoms with Crippen LogP contribution in [0.1, 0.15) is 31.4 Å². The Kier molecular flexibility index (Phi) is 5.82. The van der Waals surface area contributed by atoms with E-state index in [-0.39, 0.29) is 17.5 Å². The summed E-state index contributed by atoms with van der Waals surface area (Å²) in [6, 6.07) is 7.91. The summed E-state index contributed by atoms with van der Waals surface area (Å²) in [5.74, 6) is 0.397. The van der Waals surface area contributed by atoms with E-state index < -0.39 is 9.84 Å². The first-order valence-corrected chi connectivity index (χ1v) is 8.25. The average Bonchev–Trinajstić information content (AvgIpc) is 2.30. The van der Waals surface area contributed by atoms with Gasteiger partial charge in [0.2, 0.25) is 0 Å². The summed E-state index contributed by atoms with van der Waals surface area (Å²) in [6.45, 7) is 6.87. The Balaban J connectivity index is 2.58. The third-order valence-electron chi connectivity index (χ3n) is 3.05. The number of hydrogen-bond acceptors (Lipinski definition) is 3. The third kappa shape index (κ3) is 5.19. The molecule has 1 aromatic carbocycles. The maximum atomic E-state index is 12.0. The van der Waals surface area contributed by atoms with E-state index in [9.17, 15) is 8.42 Å². The highest BCUT2D eigenvalue weighted by Gasteiger charge is 2.14. The molecule has 1 atom stereocenters. The van der Waals surface area contributed by atoms with Gasteiger partial charge in [-0.25, -0.2) is 8.42 Å². The normalized spacial score (nSPS) is 13.5. The molecule has 1 aromatic rings. The van der Waals surface area contributed by atoms with Crippen LogP contribution in [0.2, 0.25) is 0 Å². The molecule has 18 heavy (non-hydrogen) atoms. The van der Waals surface area contributed by atoms with Crippen molar-refractivity contribution in [1.82, 2.24) is 5.32 Å². The average molecular weight is 269 g/mol. The maximum absolute atomic E-state index is 12.0. The molecule has 0 aromatic heterocycles. The second-order valence-electron chi connectivity index (χ2n) is 4.77. The lowest BCUT2D eigenvalue weighted by Crippen LogP contribution is -2.28. The molecular weight excluding hydrogens is 246 g/mol. The van der Waals surface area contributed by atoms with Crippen LogP contribution < -0.4 is 5.32 Å². The molecular formula is C14H23NO2S. The zero-order valence-corrected chi connectivity index (χ0v) is 12.3. The highest BCUT2D eigenvalue weighted by atomic mass is 32.2. The molecule has 0 saturated carbocycles. The maximum Gasteiger partial charge on any atom is 0.154 e. The Morgan fingerprint density at radius 2 is 1.94 bits per heavy atom. The smallest absolute Gasteiger partial charge is 0.154 e. The molecule has 1 unspecified atom stereocenters. The van der Waals surface area contributed by atoms with E-state index in [0.717, 1.165) is 17.7 Å². The monoisotopic (exact) mass is 269 g/mol. The number of sulfone groups is 1. The molecule has 0 spiro atoms. The van der Waals surface area contributed by atoms with Gasteiger partial charge in [-0.05, 0) is 37.9 Å². The Hall–Kier alpha value is -0.870. The number of aryl methyl sites for hydroxylation is 1. The Morgan fingerprint density at radius 3 is 2.56 bits per heavy atom. The van der Waals surface area contributed by atoms with E-state index in [4.69, 9.17) is 0 Å². The summed E-state index contributed by atoms with van der Waals surface area (Å²) in [5, 5.41) is 3.23. The summed E-state index contributed by atoms with van der Waals surface area (Å²) in [4.78, 5) is 0. The summed E-state index contributed by atoms with van der Waals surface area (Å²) >= 11 is 0. The minimum atomic E-state index is -3.01. The first kappa shape index (κ1) is 15.2. The standard InChI is InChI=1S/C14H23NO2S/c1-4-15-13(3)9-10-18(16,17)11-14-8-6-5-7-12(14)2/h5-8,13,15H,4,9-11H2,1-3H3. The van der Waals surface area contributed by atoms with Gasteiger partial charge >= 0.3 is 0 Å². The van der Waals surface area contributed by atoms with Gasteiger partial charge in [0.1, 0.15) is 0 Å². The van der Waals surface area contributed by atoms with Gasteiger partial charge in [0, 0.05) is 6.04 Å². The molecule has 0 aliphatic heterocycles. The Bertz CT molecular complexity index is 468. The van der Waals surface area contributed by atoms with Crippen molar-refractivity contribution in [2.45, 2.75) is 39.0 Å². The lowest BCUT2D eigenvalue weighted by atomic mass is 10.1. The molecule has 0 bridgehead atoms. The predicted octanol–water partition coefficient (Wildman–Crippen LogP) is 2.30. The lowest BCUT2D eigenvalue weighted by Gasteiger charge is -2.12. The van der Waals surface area contributed by atoms with Crippen LogP contribution in [0.15, 0.2) is 24.3 Å². The number of hydrogen-bond donors (Lipinski definition) is 1. The first-order valence-electron chi connectivity index (χ1n) is 6.43. The predicted molar refractivity (Wildman–Crippen MR) is 76.4 cm³/mol. The molecule has 4 heteroatoms. The van der Waals surface area contributed by atoms with Gasteiger partial charge in [-0.2, -0.15) is 0 Å². The SMILES string of the molecule is CCNC(C)CCS(=O)(=O)Cc1ccccc1C. The van der Waals surface area contributed by atoms with E-state index in [0.29, 0.717) is 6.42 Å². The number of nitrogens with one attached hydrogen (secondary N) is 1. The van der Waals surface area contributed by atoms with Crippen LogP contribution >= 0.6 is 0 Å². The van der Waals surface area contributed by atoms with Gasteiger partial charge in [0.25, 0.3) is 0 Å². The molecule has 1 N–H and O–H groups in total. The van der Waals surface area contributed by atoms with Crippen molar-refractivity contribution in [1.29, 1.82) is 0 Å². The molecule has 0 heterocycles. The number of rotatable bonds is 7. The van der Waals surface area contributed by atoms with Gasteiger partial charge in [-0.15, -0.1) is 0 Å². The molecule has 0 aliphatic rings. The fourth-order valence-electron chi connectivity index (χ4n) is 1.89. The zero-order valence-electron chi connectivity index (χ0n) is 11.4. The van der Waals surface area contributed by atoms with E-state index in [1.165, 1.54) is 0 Å². The van der Waals surface area contributed by atoms with E-state index in [1.54, 1.807) is 0 Å². The minimum absolute atomic E-state index is 0.151. The van der Waals surface area contributed by atoms with Gasteiger partial charge in [0.05, 0.1) is 11.5 Å². The van der Waals surface area contributed by atoms with Crippen LogP contribution in [-0.2, 0) is 15.6 Å². The minimum Gasteiger partial charge on any atom is -0.314 e. The van der Waals surface area contributed by atoms with Crippen LogP contribution in [0, 0.1) is 6.92 Å². The Morgan fingerprint density at radius 1 is 1.28 bits per heavy atom. The summed E-state index contributed by atoms with van der Waals surface area (Å²) in [5.41, 5.74) is 1.95. The summed E-state index contributed by atoms with van der Waals surface area (Å²) in [7, 11) is -3.01. The van der Waals surface area contributed by atoms with Crippen molar-refractivity contribution < 1.29 is 8.42 Å². The van der Waals surface area contributed by atoms with Crippen LogP contribution in [0.25, 0.3) is 0 Å². The molecule has 1 rings (SSSR count). The van der Waals surface area contributed by atoms with E-state index in [1.807, 2.05) is 45.0 Å². The second kappa shape index (κ2) is 6.90. The quantitative estimate of drug-likeness (QED) is 0.826. The van der Waals surface area contributed by atoms with Crippen LogP contribution in [0.5, 0.6) is 0 Å². The molecule has 3 nitrogen and oxygen atoms in total. The van der Waals surface area contributed by atoms with Gasteiger partial charge in [-0.3, -0.25) is 0 Å². The van der Waals surface area contributed by atoms with Gasteiger partial charge in [-0.1, -0.05) is 31.2 Å². The Labute approximate surface area is 111 Å². The fraction of sp³-hybridized carbons (Fsp3) is 0.571. The second-order valence-corrected chi connectivity index (χ2v) is 6.95. The van der Waals surface area contributed by atoms with E-state index in [2.05, 4.69) is 5.32 Å². The van der Waals surface area contributed by atoms with Crippen molar-refractivity contribution in [3.8, 4) is 0 Å². The van der Waals surface area contributed by atoms with Crippen LogP contribution in [0.4, 0.5) is 0 Å². The van der Waals surface area contributed by atoms with Gasteiger partial charge < -0.3 is 5.32 Å². The zero-order chi connectivity index (χ0) is 13.6. The molecule has 102 valence electrons.